The van der Waals surface area contributed by atoms with Gasteiger partial charge in [0.2, 0.25) is 0 Å². The quantitative estimate of drug-likeness (QED) is 0.313. The summed E-state index contributed by atoms with van der Waals surface area (Å²) < 4.78 is 10.0. The molecule has 0 aliphatic heterocycles. The Bertz CT molecular complexity index is 1360. The number of aliphatic hydroxyl groups excluding tert-OH is 2. The van der Waals surface area contributed by atoms with Crippen molar-refractivity contribution in [3.8, 4) is 17.0 Å². The van der Waals surface area contributed by atoms with Gasteiger partial charge in [0.15, 0.2) is 5.75 Å². The first kappa shape index (κ1) is 25.1. The van der Waals surface area contributed by atoms with Crippen molar-refractivity contribution in [2.24, 2.45) is 0 Å². The standard InChI is InChI=1S/C26H34N8O3/c1-4-27-25-9-23-22(11-29-25)26(18-10-30-33(13-18)14-20(36)15-35)32-34(23)19-5-7-21(8-6-19)37-24-12-28-17(3)31-16(24)2/h9-13,19-21,35-36H,4-8,14-15H2,1-3H3,(H,27,29)/t19-,20-,21+/m1/s1. The van der Waals surface area contributed by atoms with E-state index in [2.05, 4.69) is 36.1 Å². The first-order chi connectivity index (χ1) is 17.9. The number of pyridine rings is 1. The van der Waals surface area contributed by atoms with Gasteiger partial charge < -0.3 is 20.3 Å². The third-order valence-corrected chi connectivity index (χ3v) is 6.80. The Kier molecular flexibility index (Phi) is 7.33. The smallest absolute Gasteiger partial charge is 0.159 e. The summed E-state index contributed by atoms with van der Waals surface area (Å²) in [6.07, 6.45) is 10.2. The largest absolute Gasteiger partial charge is 0.487 e. The summed E-state index contributed by atoms with van der Waals surface area (Å²) in [7, 11) is 0. The number of nitrogens with zero attached hydrogens (tertiary/aromatic N) is 7. The van der Waals surface area contributed by atoms with E-state index >= 15 is 0 Å². The van der Waals surface area contributed by atoms with E-state index in [1.807, 2.05) is 33.2 Å². The lowest BCUT2D eigenvalue weighted by Gasteiger charge is -2.29. The molecule has 4 heterocycles. The molecule has 0 unspecified atom stereocenters. The van der Waals surface area contributed by atoms with Crippen molar-refractivity contribution in [2.75, 3.05) is 18.5 Å². The Hall–Kier alpha value is -3.57. The van der Waals surface area contributed by atoms with Crippen LogP contribution in [0.5, 0.6) is 5.75 Å². The van der Waals surface area contributed by atoms with Gasteiger partial charge in [0, 0.05) is 36.0 Å². The fraction of sp³-hybridized carbons (Fsp3) is 0.500. The van der Waals surface area contributed by atoms with Crippen LogP contribution in [0.15, 0.2) is 30.9 Å². The van der Waals surface area contributed by atoms with Gasteiger partial charge in [-0.1, -0.05) is 0 Å². The van der Waals surface area contributed by atoms with Gasteiger partial charge in [-0.15, -0.1) is 0 Å². The number of hydrogen-bond donors (Lipinski definition) is 3. The Balaban J connectivity index is 1.39. The number of anilines is 1. The average molecular weight is 507 g/mol. The molecule has 0 aromatic carbocycles. The van der Waals surface area contributed by atoms with Crippen LogP contribution in [0.4, 0.5) is 5.82 Å². The van der Waals surface area contributed by atoms with Gasteiger partial charge in [-0.3, -0.25) is 9.36 Å². The molecule has 4 aromatic rings. The maximum atomic E-state index is 9.80. The molecule has 11 nitrogen and oxygen atoms in total. The molecule has 0 radical (unpaired) electrons. The third kappa shape index (κ3) is 5.42. The van der Waals surface area contributed by atoms with Crippen molar-refractivity contribution >= 4 is 16.7 Å². The molecule has 1 fully saturated rings. The fourth-order valence-corrected chi connectivity index (χ4v) is 4.94. The van der Waals surface area contributed by atoms with Gasteiger partial charge >= 0.3 is 0 Å². The van der Waals surface area contributed by atoms with Gasteiger partial charge in [0.25, 0.3) is 0 Å². The van der Waals surface area contributed by atoms with E-state index in [-0.39, 0.29) is 25.3 Å². The van der Waals surface area contributed by atoms with Crippen LogP contribution < -0.4 is 10.1 Å². The van der Waals surface area contributed by atoms with Gasteiger partial charge in [-0.05, 0) is 46.5 Å². The maximum Gasteiger partial charge on any atom is 0.159 e. The molecular formula is C26H34N8O3. The van der Waals surface area contributed by atoms with Crippen LogP contribution in [0.25, 0.3) is 22.2 Å². The zero-order chi connectivity index (χ0) is 25.9. The highest BCUT2D eigenvalue weighted by atomic mass is 16.5. The van der Waals surface area contributed by atoms with Gasteiger partial charge in [-0.2, -0.15) is 10.2 Å². The summed E-state index contributed by atoms with van der Waals surface area (Å²) >= 11 is 0. The van der Waals surface area contributed by atoms with Crippen molar-refractivity contribution in [1.29, 1.82) is 0 Å². The van der Waals surface area contributed by atoms with Crippen LogP contribution in [0.3, 0.4) is 0 Å². The van der Waals surface area contributed by atoms with E-state index < -0.39 is 6.10 Å². The molecule has 1 saturated carbocycles. The second-order valence-corrected chi connectivity index (χ2v) is 9.61. The Morgan fingerprint density at radius 2 is 1.95 bits per heavy atom. The highest BCUT2D eigenvalue weighted by molar-refractivity contribution is 5.93. The van der Waals surface area contributed by atoms with Crippen LogP contribution in [0, 0.1) is 13.8 Å². The zero-order valence-corrected chi connectivity index (χ0v) is 21.5. The second-order valence-electron chi connectivity index (χ2n) is 9.61. The fourth-order valence-electron chi connectivity index (χ4n) is 4.94. The summed E-state index contributed by atoms with van der Waals surface area (Å²) in [6, 6.07) is 2.29. The lowest BCUT2D eigenvalue weighted by Crippen LogP contribution is -2.26. The van der Waals surface area contributed by atoms with Crippen molar-refractivity contribution in [3.05, 3.63) is 42.4 Å². The van der Waals surface area contributed by atoms with Crippen LogP contribution in [-0.2, 0) is 6.54 Å². The van der Waals surface area contributed by atoms with Crippen molar-refractivity contribution in [1.82, 2.24) is 34.5 Å². The number of aliphatic hydroxyl groups is 2. The predicted octanol–water partition coefficient (Wildman–Crippen LogP) is 3.05. The molecule has 11 heteroatoms. The number of aromatic nitrogens is 7. The lowest BCUT2D eigenvalue weighted by atomic mass is 9.93. The molecule has 1 atom stereocenters. The molecule has 1 aliphatic carbocycles. The second kappa shape index (κ2) is 10.8. The minimum absolute atomic E-state index is 0.123. The van der Waals surface area contributed by atoms with E-state index in [4.69, 9.17) is 14.9 Å². The normalized spacial score (nSPS) is 18.7. The zero-order valence-electron chi connectivity index (χ0n) is 21.5. The Morgan fingerprint density at radius 1 is 1.14 bits per heavy atom. The summed E-state index contributed by atoms with van der Waals surface area (Å²) in [4.78, 5) is 13.3. The number of aryl methyl sites for hydroxylation is 2. The molecule has 4 aromatic heterocycles. The molecule has 0 saturated heterocycles. The average Bonchev–Trinajstić information content (AvgIpc) is 3.50. The van der Waals surface area contributed by atoms with Crippen LogP contribution in [-0.4, -0.2) is 70.1 Å². The Morgan fingerprint density at radius 3 is 2.68 bits per heavy atom. The monoisotopic (exact) mass is 506 g/mol. The molecule has 1 aliphatic rings. The molecule has 196 valence electrons. The topological polar surface area (TPSA) is 136 Å². The number of nitrogens with one attached hydrogen (secondary N) is 1. The number of fused-ring (bicyclic) bond motifs is 1. The molecular weight excluding hydrogens is 472 g/mol. The highest BCUT2D eigenvalue weighted by Crippen LogP contribution is 2.36. The minimum atomic E-state index is -0.862. The third-order valence-electron chi connectivity index (χ3n) is 6.80. The molecule has 0 amide bonds. The summed E-state index contributed by atoms with van der Waals surface area (Å²) in [5.74, 6) is 2.32. The first-order valence-electron chi connectivity index (χ1n) is 12.9. The summed E-state index contributed by atoms with van der Waals surface area (Å²) in [5.41, 5.74) is 3.55. The summed E-state index contributed by atoms with van der Waals surface area (Å²) in [6.45, 7) is 6.57. The van der Waals surface area contributed by atoms with Crippen molar-refractivity contribution in [2.45, 2.75) is 71.2 Å². The van der Waals surface area contributed by atoms with Crippen molar-refractivity contribution in [3.63, 3.8) is 0 Å². The first-order valence-corrected chi connectivity index (χ1v) is 12.9. The van der Waals surface area contributed by atoms with E-state index in [0.717, 1.165) is 77.5 Å². The molecule has 0 bridgehead atoms. The molecule has 5 rings (SSSR count). The summed E-state index contributed by atoms with van der Waals surface area (Å²) in [5, 5.41) is 32.6. The molecule has 0 spiro atoms. The predicted molar refractivity (Wildman–Crippen MR) is 139 cm³/mol. The van der Waals surface area contributed by atoms with Crippen LogP contribution in [0.1, 0.15) is 50.2 Å². The SMILES string of the molecule is CCNc1cc2c(cn1)c(-c1cnn(C[C@@H](O)CO)c1)nn2[C@H]1CC[C@@H](Oc2cnc(C)nc2C)CC1. The minimum Gasteiger partial charge on any atom is -0.487 e. The molecule has 3 N–H and O–H groups in total. The Labute approximate surface area is 215 Å². The van der Waals surface area contributed by atoms with Crippen LogP contribution >= 0.6 is 0 Å². The van der Waals surface area contributed by atoms with Gasteiger partial charge in [0.1, 0.15) is 17.3 Å². The lowest BCUT2D eigenvalue weighted by molar-refractivity contribution is 0.0783. The van der Waals surface area contributed by atoms with Crippen molar-refractivity contribution < 1.29 is 14.9 Å². The molecule has 37 heavy (non-hydrogen) atoms. The number of ether oxygens (including phenoxy) is 1. The highest BCUT2D eigenvalue weighted by Gasteiger charge is 2.27. The van der Waals surface area contributed by atoms with E-state index in [9.17, 15) is 5.11 Å². The number of hydrogen-bond acceptors (Lipinski definition) is 9. The van der Waals surface area contributed by atoms with Gasteiger partial charge in [-0.25, -0.2) is 15.0 Å². The van der Waals surface area contributed by atoms with Gasteiger partial charge in [0.05, 0.1) is 55.0 Å². The maximum absolute atomic E-state index is 9.80. The van der Waals surface area contributed by atoms with E-state index in [0.29, 0.717) is 0 Å². The number of rotatable bonds is 9. The van der Waals surface area contributed by atoms with E-state index in [1.165, 1.54) is 0 Å². The van der Waals surface area contributed by atoms with Crippen LogP contribution in [0.2, 0.25) is 0 Å². The van der Waals surface area contributed by atoms with E-state index in [1.54, 1.807) is 17.1 Å².